The van der Waals surface area contributed by atoms with Crippen LogP contribution >= 0.6 is 11.3 Å². The van der Waals surface area contributed by atoms with Gasteiger partial charge in [0.2, 0.25) is 0 Å². The largest absolute Gasteiger partial charge is 0.486 e. The normalized spacial score (nSPS) is 12.8. The number of thiophene rings is 1. The first-order valence-electron chi connectivity index (χ1n) is 7.60. The number of hydrogen-bond donors (Lipinski definition) is 1. The molecule has 0 spiro atoms. The van der Waals surface area contributed by atoms with Gasteiger partial charge in [0, 0.05) is 0 Å². The van der Waals surface area contributed by atoms with Crippen LogP contribution in [0.5, 0.6) is 11.5 Å². The molecule has 6 heteroatoms. The van der Waals surface area contributed by atoms with Gasteiger partial charge in [0.25, 0.3) is 5.91 Å². The van der Waals surface area contributed by atoms with Gasteiger partial charge in [0.15, 0.2) is 11.5 Å². The van der Waals surface area contributed by atoms with Crippen molar-refractivity contribution in [3.63, 3.8) is 0 Å². The molecular formula is C18H15NO4S. The zero-order valence-electron chi connectivity index (χ0n) is 12.8. The van der Waals surface area contributed by atoms with E-state index in [9.17, 15) is 4.79 Å². The van der Waals surface area contributed by atoms with Crippen LogP contribution in [0, 0.1) is 0 Å². The van der Waals surface area contributed by atoms with Gasteiger partial charge in [-0.2, -0.15) is 0 Å². The van der Waals surface area contributed by atoms with Crippen LogP contribution in [0.1, 0.15) is 16.1 Å². The Bertz CT molecular complexity index is 854. The highest BCUT2D eigenvalue weighted by Crippen LogP contribution is 2.33. The van der Waals surface area contributed by atoms with Crippen molar-refractivity contribution in [2.24, 2.45) is 0 Å². The molecule has 0 saturated heterocycles. The Morgan fingerprint density at radius 3 is 2.88 bits per heavy atom. The number of rotatable bonds is 4. The van der Waals surface area contributed by atoms with Gasteiger partial charge < -0.3 is 19.2 Å². The Morgan fingerprint density at radius 2 is 2.00 bits per heavy atom. The standard InChI is InChI=1S/C18H15NO4S/c20-18(13-3-1-4-15-17(13)22-9-8-21-15)19-11-12-6-7-14(23-12)16-5-2-10-24-16/h1-7,10H,8-9,11H2,(H,19,20). The minimum Gasteiger partial charge on any atom is -0.486 e. The van der Waals surface area contributed by atoms with E-state index in [0.29, 0.717) is 42.6 Å². The highest BCUT2D eigenvalue weighted by atomic mass is 32.1. The summed E-state index contributed by atoms with van der Waals surface area (Å²) >= 11 is 1.61. The predicted molar refractivity (Wildman–Crippen MR) is 90.6 cm³/mol. The molecule has 122 valence electrons. The van der Waals surface area contributed by atoms with Crippen molar-refractivity contribution in [3.05, 3.63) is 59.2 Å². The smallest absolute Gasteiger partial charge is 0.255 e. The van der Waals surface area contributed by atoms with E-state index in [1.165, 1.54) is 0 Å². The molecule has 1 aliphatic heterocycles. The Morgan fingerprint density at radius 1 is 1.08 bits per heavy atom. The van der Waals surface area contributed by atoms with Gasteiger partial charge in [-0.3, -0.25) is 4.79 Å². The van der Waals surface area contributed by atoms with Crippen molar-refractivity contribution in [1.82, 2.24) is 5.32 Å². The molecule has 0 bridgehead atoms. The molecule has 1 amide bonds. The van der Waals surface area contributed by atoms with Gasteiger partial charge in [0.1, 0.15) is 24.7 Å². The molecule has 1 N–H and O–H groups in total. The average Bonchev–Trinajstić information content (AvgIpc) is 3.30. The number of nitrogens with one attached hydrogen (secondary N) is 1. The van der Waals surface area contributed by atoms with Crippen molar-refractivity contribution in [1.29, 1.82) is 0 Å². The highest BCUT2D eigenvalue weighted by Gasteiger charge is 2.20. The molecular weight excluding hydrogens is 326 g/mol. The van der Waals surface area contributed by atoms with Crippen LogP contribution in [0.3, 0.4) is 0 Å². The topological polar surface area (TPSA) is 60.7 Å². The fourth-order valence-corrected chi connectivity index (χ4v) is 3.23. The third kappa shape index (κ3) is 2.88. The Labute approximate surface area is 142 Å². The van der Waals surface area contributed by atoms with Crippen LogP contribution in [0.25, 0.3) is 10.6 Å². The van der Waals surface area contributed by atoms with E-state index in [2.05, 4.69) is 5.32 Å². The maximum atomic E-state index is 12.4. The van der Waals surface area contributed by atoms with Crippen LogP contribution in [0.15, 0.2) is 52.3 Å². The third-order valence-corrected chi connectivity index (χ3v) is 4.54. The van der Waals surface area contributed by atoms with Gasteiger partial charge in [-0.05, 0) is 35.7 Å². The summed E-state index contributed by atoms with van der Waals surface area (Å²) in [6.45, 7) is 1.25. The lowest BCUT2D eigenvalue weighted by Gasteiger charge is -2.20. The quantitative estimate of drug-likeness (QED) is 0.786. The Hall–Kier alpha value is -2.73. The second kappa shape index (κ2) is 6.41. The molecule has 3 aromatic rings. The number of benzene rings is 1. The van der Waals surface area contributed by atoms with Crippen LogP contribution in [0.2, 0.25) is 0 Å². The summed E-state index contributed by atoms with van der Waals surface area (Å²) in [5.74, 6) is 2.40. The summed E-state index contributed by atoms with van der Waals surface area (Å²) in [6, 6.07) is 13.1. The number of carbonyl (C=O) groups excluding carboxylic acids is 1. The first kappa shape index (κ1) is 14.8. The number of hydrogen-bond acceptors (Lipinski definition) is 5. The molecule has 3 heterocycles. The van der Waals surface area contributed by atoms with Crippen molar-refractivity contribution in [2.45, 2.75) is 6.54 Å². The average molecular weight is 341 g/mol. The lowest BCUT2D eigenvalue weighted by Crippen LogP contribution is -2.25. The molecule has 0 unspecified atom stereocenters. The lowest BCUT2D eigenvalue weighted by atomic mass is 10.1. The van der Waals surface area contributed by atoms with E-state index >= 15 is 0 Å². The summed E-state index contributed by atoms with van der Waals surface area (Å²) < 4.78 is 16.8. The zero-order chi connectivity index (χ0) is 16.4. The number of fused-ring (bicyclic) bond motifs is 1. The maximum Gasteiger partial charge on any atom is 0.255 e. The van der Waals surface area contributed by atoms with Crippen LogP contribution < -0.4 is 14.8 Å². The summed E-state index contributed by atoms with van der Waals surface area (Å²) in [6.07, 6.45) is 0. The molecule has 5 nitrogen and oxygen atoms in total. The van der Waals surface area contributed by atoms with Crippen molar-refractivity contribution < 1.29 is 18.7 Å². The molecule has 0 radical (unpaired) electrons. The van der Waals surface area contributed by atoms with E-state index in [1.807, 2.05) is 29.6 Å². The first-order valence-corrected chi connectivity index (χ1v) is 8.48. The summed E-state index contributed by atoms with van der Waals surface area (Å²) in [5.41, 5.74) is 0.470. The summed E-state index contributed by atoms with van der Waals surface area (Å²) in [5, 5.41) is 4.86. The van der Waals surface area contributed by atoms with Gasteiger partial charge in [-0.25, -0.2) is 0 Å². The number of furan rings is 1. The fraction of sp³-hybridized carbons (Fsp3) is 0.167. The van der Waals surface area contributed by atoms with Crippen LogP contribution in [-0.2, 0) is 6.54 Å². The van der Waals surface area contributed by atoms with Crippen molar-refractivity contribution >= 4 is 17.2 Å². The number of amides is 1. The molecule has 4 rings (SSSR count). The van der Waals surface area contributed by atoms with Crippen molar-refractivity contribution in [2.75, 3.05) is 13.2 Å². The molecule has 0 aliphatic carbocycles. The Kier molecular flexibility index (Phi) is 3.96. The molecule has 24 heavy (non-hydrogen) atoms. The monoisotopic (exact) mass is 341 g/mol. The first-order chi connectivity index (χ1) is 11.8. The predicted octanol–water partition coefficient (Wildman–Crippen LogP) is 3.71. The Balaban J connectivity index is 1.46. The van der Waals surface area contributed by atoms with Gasteiger partial charge in [-0.15, -0.1) is 11.3 Å². The summed E-state index contributed by atoms with van der Waals surface area (Å²) in [4.78, 5) is 13.5. The van der Waals surface area contributed by atoms with Gasteiger partial charge >= 0.3 is 0 Å². The van der Waals surface area contributed by atoms with E-state index in [4.69, 9.17) is 13.9 Å². The molecule has 1 aromatic carbocycles. The highest BCUT2D eigenvalue weighted by molar-refractivity contribution is 7.13. The van der Waals surface area contributed by atoms with E-state index in [-0.39, 0.29) is 5.91 Å². The van der Waals surface area contributed by atoms with E-state index < -0.39 is 0 Å². The molecule has 0 atom stereocenters. The molecule has 0 fully saturated rings. The second-order valence-electron chi connectivity index (χ2n) is 5.26. The van der Waals surface area contributed by atoms with Crippen molar-refractivity contribution in [3.8, 4) is 22.1 Å². The minimum absolute atomic E-state index is 0.216. The van der Waals surface area contributed by atoms with E-state index in [0.717, 1.165) is 10.6 Å². The molecule has 1 aliphatic rings. The van der Waals surface area contributed by atoms with Gasteiger partial charge in [-0.1, -0.05) is 12.1 Å². The molecule has 2 aromatic heterocycles. The fourth-order valence-electron chi connectivity index (χ4n) is 2.54. The van der Waals surface area contributed by atoms with E-state index in [1.54, 1.807) is 29.5 Å². The zero-order valence-corrected chi connectivity index (χ0v) is 13.6. The van der Waals surface area contributed by atoms with Crippen LogP contribution in [-0.4, -0.2) is 19.1 Å². The minimum atomic E-state index is -0.216. The van der Waals surface area contributed by atoms with Gasteiger partial charge in [0.05, 0.1) is 17.0 Å². The molecule has 0 saturated carbocycles. The van der Waals surface area contributed by atoms with Crippen LogP contribution in [0.4, 0.5) is 0 Å². The summed E-state index contributed by atoms with van der Waals surface area (Å²) in [7, 11) is 0. The maximum absolute atomic E-state index is 12.4. The third-order valence-electron chi connectivity index (χ3n) is 3.66. The second-order valence-corrected chi connectivity index (χ2v) is 6.20. The number of para-hydroxylation sites is 1. The lowest BCUT2D eigenvalue weighted by molar-refractivity contribution is 0.0937. The number of ether oxygens (including phenoxy) is 2. The number of carbonyl (C=O) groups is 1. The SMILES string of the molecule is O=C(NCc1ccc(-c2cccs2)o1)c1cccc2c1OCCO2.